The van der Waals surface area contributed by atoms with Crippen LogP contribution in [-0.2, 0) is 16.6 Å². The van der Waals surface area contributed by atoms with Crippen molar-refractivity contribution in [1.29, 1.82) is 0 Å². The molecule has 0 aromatic heterocycles. The van der Waals surface area contributed by atoms with Crippen LogP contribution >= 0.6 is 11.6 Å². The molecule has 0 radical (unpaired) electrons. The minimum atomic E-state index is -3.14. The number of nitrogens with one attached hydrogen (secondary N) is 1. The molecular formula is C16H25ClN2O2S. The Labute approximate surface area is 138 Å². The molecule has 2 atom stereocenters. The summed E-state index contributed by atoms with van der Waals surface area (Å²) in [6.07, 6.45) is 0.841. The van der Waals surface area contributed by atoms with Gasteiger partial charge in [-0.25, -0.2) is 12.7 Å². The van der Waals surface area contributed by atoms with Crippen LogP contribution in [-0.4, -0.2) is 37.1 Å². The quantitative estimate of drug-likeness (QED) is 0.893. The molecule has 4 nitrogen and oxygen atoms in total. The molecule has 2 rings (SSSR count). The summed E-state index contributed by atoms with van der Waals surface area (Å²) >= 11 is 5.99. The van der Waals surface area contributed by atoms with E-state index in [0.29, 0.717) is 25.0 Å². The molecule has 0 saturated carbocycles. The van der Waals surface area contributed by atoms with E-state index < -0.39 is 10.0 Å². The fourth-order valence-corrected chi connectivity index (χ4v) is 4.45. The summed E-state index contributed by atoms with van der Waals surface area (Å²) in [7, 11) is -3.14. The lowest BCUT2D eigenvalue weighted by molar-refractivity contribution is 0.218. The monoisotopic (exact) mass is 344 g/mol. The molecule has 124 valence electrons. The van der Waals surface area contributed by atoms with Crippen molar-refractivity contribution >= 4 is 21.6 Å². The number of piperidine rings is 1. The highest BCUT2D eigenvalue weighted by molar-refractivity contribution is 7.89. The molecule has 1 aromatic carbocycles. The van der Waals surface area contributed by atoms with Crippen molar-refractivity contribution in [3.63, 3.8) is 0 Å². The highest BCUT2D eigenvalue weighted by Crippen LogP contribution is 2.22. The van der Waals surface area contributed by atoms with Gasteiger partial charge in [0.15, 0.2) is 0 Å². The van der Waals surface area contributed by atoms with E-state index in [1.165, 1.54) is 0 Å². The van der Waals surface area contributed by atoms with Crippen molar-refractivity contribution in [2.45, 2.75) is 45.0 Å². The molecule has 1 aliphatic heterocycles. The summed E-state index contributed by atoms with van der Waals surface area (Å²) in [6, 6.07) is 8.14. The van der Waals surface area contributed by atoms with Gasteiger partial charge in [0.1, 0.15) is 0 Å². The molecule has 0 bridgehead atoms. The van der Waals surface area contributed by atoms with E-state index in [1.807, 2.05) is 24.3 Å². The minimum absolute atomic E-state index is 0.293. The minimum Gasteiger partial charge on any atom is -0.310 e. The fourth-order valence-electron chi connectivity index (χ4n) is 2.84. The zero-order valence-corrected chi connectivity index (χ0v) is 15.0. The van der Waals surface area contributed by atoms with Crippen molar-refractivity contribution in [2.75, 3.05) is 13.1 Å². The molecule has 1 aliphatic rings. The highest BCUT2D eigenvalue weighted by Gasteiger charge is 2.33. The lowest BCUT2D eigenvalue weighted by Crippen LogP contribution is -2.51. The van der Waals surface area contributed by atoms with Crippen LogP contribution in [0.2, 0.25) is 5.02 Å². The molecule has 0 spiro atoms. The summed E-state index contributed by atoms with van der Waals surface area (Å²) in [5, 5.41) is 3.93. The van der Waals surface area contributed by atoms with E-state index >= 15 is 0 Å². The van der Waals surface area contributed by atoms with Crippen LogP contribution in [0.15, 0.2) is 24.3 Å². The molecule has 0 aliphatic carbocycles. The molecule has 1 fully saturated rings. The number of hydrogen-bond acceptors (Lipinski definition) is 3. The number of hydrogen-bond donors (Lipinski definition) is 1. The largest absolute Gasteiger partial charge is 0.310 e. The Hall–Kier alpha value is -0.620. The third-order valence-electron chi connectivity index (χ3n) is 4.28. The summed E-state index contributed by atoms with van der Waals surface area (Å²) in [5.41, 5.74) is 1.15. The topological polar surface area (TPSA) is 49.4 Å². The molecule has 0 amide bonds. The summed E-state index contributed by atoms with van der Waals surface area (Å²) < 4.78 is 26.1. The van der Waals surface area contributed by atoms with Gasteiger partial charge in [-0.1, -0.05) is 30.7 Å². The summed E-state index contributed by atoms with van der Waals surface area (Å²) in [4.78, 5) is 0. The Morgan fingerprint density at radius 1 is 1.41 bits per heavy atom. The molecule has 6 heteroatoms. The van der Waals surface area contributed by atoms with Crippen LogP contribution in [0.5, 0.6) is 0 Å². The lowest BCUT2D eigenvalue weighted by Gasteiger charge is -2.37. The Morgan fingerprint density at radius 2 is 2.14 bits per heavy atom. The first kappa shape index (κ1) is 17.7. The SMILES string of the molecule is CC(C)S(=O)(=O)N1CC[C@H](NCc2cccc(Cl)c2)[C@@H](C)C1. The number of nitrogens with zero attached hydrogens (tertiary/aromatic N) is 1. The molecule has 22 heavy (non-hydrogen) atoms. The van der Waals surface area contributed by atoms with Crippen LogP contribution < -0.4 is 5.32 Å². The van der Waals surface area contributed by atoms with Gasteiger partial charge in [0, 0.05) is 30.7 Å². The Balaban J connectivity index is 1.91. The van der Waals surface area contributed by atoms with Crippen LogP contribution in [0.4, 0.5) is 0 Å². The Kier molecular flexibility index (Phi) is 5.88. The fraction of sp³-hybridized carbons (Fsp3) is 0.625. The molecular weight excluding hydrogens is 320 g/mol. The second kappa shape index (κ2) is 7.30. The average Bonchev–Trinajstić information content (AvgIpc) is 2.45. The Bertz CT molecular complexity index is 604. The van der Waals surface area contributed by atoms with Gasteiger partial charge in [-0.05, 0) is 43.9 Å². The third kappa shape index (κ3) is 4.22. The van der Waals surface area contributed by atoms with Crippen LogP contribution in [0.1, 0.15) is 32.8 Å². The zero-order chi connectivity index (χ0) is 16.3. The second-order valence-electron chi connectivity index (χ2n) is 6.33. The predicted octanol–water partition coefficient (Wildman–Crippen LogP) is 2.88. The molecule has 1 aromatic rings. The van der Waals surface area contributed by atoms with Gasteiger partial charge in [-0.15, -0.1) is 0 Å². The average molecular weight is 345 g/mol. The Morgan fingerprint density at radius 3 is 2.73 bits per heavy atom. The van der Waals surface area contributed by atoms with Crippen molar-refractivity contribution in [3.8, 4) is 0 Å². The first-order valence-electron chi connectivity index (χ1n) is 7.77. The molecule has 0 unspecified atom stereocenters. The standard InChI is InChI=1S/C16H25ClN2O2S/c1-12(2)22(20,21)19-8-7-16(13(3)11-19)18-10-14-5-4-6-15(17)9-14/h4-6,9,12-13,16,18H,7-8,10-11H2,1-3H3/t13-,16-/m0/s1. The van der Waals surface area contributed by atoms with Crippen LogP contribution in [0.25, 0.3) is 0 Å². The van der Waals surface area contributed by atoms with Gasteiger partial charge >= 0.3 is 0 Å². The highest BCUT2D eigenvalue weighted by atomic mass is 35.5. The van der Waals surface area contributed by atoms with E-state index in [2.05, 4.69) is 12.2 Å². The maximum absolute atomic E-state index is 12.2. The summed E-state index contributed by atoms with van der Waals surface area (Å²) in [5.74, 6) is 0.293. The van der Waals surface area contributed by atoms with Gasteiger partial charge in [0.2, 0.25) is 10.0 Å². The molecule has 1 N–H and O–H groups in total. The van der Waals surface area contributed by atoms with E-state index in [-0.39, 0.29) is 5.25 Å². The zero-order valence-electron chi connectivity index (χ0n) is 13.4. The van der Waals surface area contributed by atoms with Gasteiger partial charge in [-0.2, -0.15) is 0 Å². The van der Waals surface area contributed by atoms with E-state index in [1.54, 1.807) is 18.2 Å². The maximum Gasteiger partial charge on any atom is 0.216 e. The van der Waals surface area contributed by atoms with Crippen molar-refractivity contribution in [1.82, 2.24) is 9.62 Å². The predicted molar refractivity (Wildman–Crippen MR) is 91.5 cm³/mol. The van der Waals surface area contributed by atoms with E-state index in [9.17, 15) is 8.42 Å². The number of sulfonamides is 1. The van der Waals surface area contributed by atoms with Crippen molar-refractivity contribution in [2.24, 2.45) is 5.92 Å². The number of halogens is 1. The van der Waals surface area contributed by atoms with Crippen LogP contribution in [0, 0.1) is 5.92 Å². The third-order valence-corrected chi connectivity index (χ3v) is 6.76. The summed E-state index contributed by atoms with van der Waals surface area (Å²) in [6.45, 7) is 7.53. The van der Waals surface area contributed by atoms with Gasteiger partial charge in [0.05, 0.1) is 5.25 Å². The van der Waals surface area contributed by atoms with Crippen molar-refractivity contribution < 1.29 is 8.42 Å². The first-order valence-corrected chi connectivity index (χ1v) is 9.65. The molecule has 1 heterocycles. The molecule has 1 saturated heterocycles. The maximum atomic E-state index is 12.2. The van der Waals surface area contributed by atoms with Gasteiger partial charge in [0.25, 0.3) is 0 Å². The first-order chi connectivity index (χ1) is 10.3. The smallest absolute Gasteiger partial charge is 0.216 e. The van der Waals surface area contributed by atoms with Crippen LogP contribution in [0.3, 0.4) is 0 Å². The van der Waals surface area contributed by atoms with E-state index in [4.69, 9.17) is 11.6 Å². The van der Waals surface area contributed by atoms with Gasteiger partial charge < -0.3 is 5.32 Å². The number of rotatable bonds is 5. The second-order valence-corrected chi connectivity index (χ2v) is 9.26. The van der Waals surface area contributed by atoms with E-state index in [0.717, 1.165) is 23.6 Å². The van der Waals surface area contributed by atoms with Gasteiger partial charge in [-0.3, -0.25) is 0 Å². The van der Waals surface area contributed by atoms with Crippen molar-refractivity contribution in [3.05, 3.63) is 34.9 Å². The lowest BCUT2D eigenvalue weighted by atomic mass is 9.95. The normalized spacial score (nSPS) is 23.9. The number of benzene rings is 1.